The van der Waals surface area contributed by atoms with E-state index < -0.39 is 29.8 Å². The van der Waals surface area contributed by atoms with Crippen molar-refractivity contribution >= 4 is 34.5 Å². The lowest BCUT2D eigenvalue weighted by Gasteiger charge is -2.44. The Hall–Kier alpha value is -4.74. The van der Waals surface area contributed by atoms with E-state index in [0.717, 1.165) is 5.56 Å². The maximum Gasteiger partial charge on any atom is 0.491 e. The summed E-state index contributed by atoms with van der Waals surface area (Å²) in [5.41, 5.74) is -0.323. The maximum atomic E-state index is 15.4. The molecular formula is C29H23F4N3O5. The highest BCUT2D eigenvalue weighted by Crippen LogP contribution is 2.39. The van der Waals surface area contributed by atoms with Crippen LogP contribution in [0.25, 0.3) is 11.0 Å². The SMILES string of the molecule is Cc1cc(C(C)Nc2ccccc2C(=O)OC(=O)C(F)(F)F)c2oc(N3CC(F)(c4cccnc4)C3)cc(=O)c2c1. The fourth-order valence-electron chi connectivity index (χ4n) is 4.72. The molecule has 5 rings (SSSR count). The highest BCUT2D eigenvalue weighted by molar-refractivity contribution is 6.02. The molecule has 12 heteroatoms. The number of halogens is 4. The van der Waals surface area contributed by atoms with Crippen molar-refractivity contribution in [3.05, 3.63) is 99.5 Å². The quantitative estimate of drug-likeness (QED) is 0.182. The highest BCUT2D eigenvalue weighted by atomic mass is 19.4. The third-order valence-corrected chi connectivity index (χ3v) is 6.76. The van der Waals surface area contributed by atoms with E-state index in [2.05, 4.69) is 15.0 Å². The molecule has 3 heterocycles. The van der Waals surface area contributed by atoms with Crippen molar-refractivity contribution in [1.82, 2.24) is 4.98 Å². The molecule has 4 aromatic rings. The normalized spacial score (nSPS) is 15.2. The second-order valence-electron chi connectivity index (χ2n) is 9.83. The lowest BCUT2D eigenvalue weighted by atomic mass is 9.89. The molecular weight excluding hydrogens is 546 g/mol. The van der Waals surface area contributed by atoms with E-state index in [1.807, 2.05) is 0 Å². The molecule has 1 unspecified atom stereocenters. The number of nitrogens with zero attached hydrogens (tertiary/aromatic N) is 2. The van der Waals surface area contributed by atoms with Crippen molar-refractivity contribution in [1.29, 1.82) is 0 Å². The molecule has 0 amide bonds. The van der Waals surface area contributed by atoms with Crippen LogP contribution in [0.3, 0.4) is 0 Å². The van der Waals surface area contributed by atoms with E-state index >= 15 is 4.39 Å². The Morgan fingerprint density at radius 3 is 2.54 bits per heavy atom. The molecule has 41 heavy (non-hydrogen) atoms. The standard InChI is InChI=1S/C29H23F4N3O5/c1-16-10-20(17(2)35-22-8-4-3-7-19(22)26(38)41-27(39)29(31,32)33)25-21(11-16)23(37)12-24(40-25)36-14-28(30,15-36)18-6-5-9-34-13-18/h3-13,17,35H,14-15H2,1-2H3. The van der Waals surface area contributed by atoms with Crippen molar-refractivity contribution in [3.63, 3.8) is 0 Å². The summed E-state index contributed by atoms with van der Waals surface area (Å²) in [5.74, 6) is -3.94. The van der Waals surface area contributed by atoms with E-state index in [1.165, 1.54) is 30.5 Å². The summed E-state index contributed by atoms with van der Waals surface area (Å²) < 4.78 is 63.4. The molecule has 0 bridgehead atoms. The Morgan fingerprint density at radius 1 is 1.12 bits per heavy atom. The highest BCUT2D eigenvalue weighted by Gasteiger charge is 2.46. The summed E-state index contributed by atoms with van der Waals surface area (Å²) in [7, 11) is 0. The van der Waals surface area contributed by atoms with Crippen LogP contribution in [0.1, 0.15) is 40.0 Å². The van der Waals surface area contributed by atoms with E-state index in [0.29, 0.717) is 11.1 Å². The fourth-order valence-corrected chi connectivity index (χ4v) is 4.72. The number of anilines is 2. The number of carbonyl (C=O) groups is 2. The van der Waals surface area contributed by atoms with Gasteiger partial charge in [-0.1, -0.05) is 24.3 Å². The molecule has 1 N–H and O–H groups in total. The Kier molecular flexibility index (Phi) is 7.02. The summed E-state index contributed by atoms with van der Waals surface area (Å²) in [5, 5.41) is 3.31. The van der Waals surface area contributed by atoms with Gasteiger partial charge in [-0.05, 0) is 43.7 Å². The molecule has 1 aliphatic heterocycles. The lowest BCUT2D eigenvalue weighted by molar-refractivity contribution is -0.193. The molecule has 0 radical (unpaired) electrons. The van der Waals surface area contributed by atoms with Crippen LogP contribution in [0.2, 0.25) is 0 Å². The van der Waals surface area contributed by atoms with Crippen LogP contribution in [0, 0.1) is 6.92 Å². The predicted octanol–water partition coefficient (Wildman–Crippen LogP) is 5.60. The van der Waals surface area contributed by atoms with Gasteiger partial charge in [0.05, 0.1) is 30.1 Å². The van der Waals surface area contributed by atoms with Gasteiger partial charge in [0.25, 0.3) is 0 Å². The third kappa shape index (κ3) is 5.49. The minimum absolute atomic E-state index is 0.0474. The number of aromatic nitrogens is 1. The first-order valence-electron chi connectivity index (χ1n) is 12.5. The number of esters is 2. The van der Waals surface area contributed by atoms with Crippen LogP contribution in [0.4, 0.5) is 29.1 Å². The molecule has 2 aromatic carbocycles. The van der Waals surface area contributed by atoms with Gasteiger partial charge in [-0.15, -0.1) is 0 Å². The Labute approximate surface area is 230 Å². The monoisotopic (exact) mass is 569 g/mol. The first-order chi connectivity index (χ1) is 19.4. The van der Waals surface area contributed by atoms with Crippen LogP contribution in [0.15, 0.2) is 76.2 Å². The second-order valence-corrected chi connectivity index (χ2v) is 9.83. The Balaban J connectivity index is 1.45. The molecule has 1 aliphatic rings. The van der Waals surface area contributed by atoms with Crippen molar-refractivity contribution in [2.45, 2.75) is 31.7 Å². The molecule has 212 valence electrons. The zero-order valence-electron chi connectivity index (χ0n) is 21.8. The number of alkyl halides is 4. The van der Waals surface area contributed by atoms with Crippen molar-refractivity contribution in [2.75, 3.05) is 23.3 Å². The van der Waals surface area contributed by atoms with Crippen LogP contribution in [-0.4, -0.2) is 36.2 Å². The summed E-state index contributed by atoms with van der Waals surface area (Å²) in [6.07, 6.45) is -2.33. The van der Waals surface area contributed by atoms with Gasteiger partial charge in [0.15, 0.2) is 17.0 Å². The molecule has 1 fully saturated rings. The van der Waals surface area contributed by atoms with Gasteiger partial charge >= 0.3 is 18.1 Å². The fraction of sp³-hybridized carbons (Fsp3) is 0.241. The third-order valence-electron chi connectivity index (χ3n) is 6.76. The van der Waals surface area contributed by atoms with E-state index in [4.69, 9.17) is 4.42 Å². The van der Waals surface area contributed by atoms with Gasteiger partial charge < -0.3 is 19.4 Å². The second kappa shape index (κ2) is 10.3. The number of nitrogens with one attached hydrogen (secondary N) is 1. The number of fused-ring (bicyclic) bond motifs is 1. The van der Waals surface area contributed by atoms with Crippen molar-refractivity contribution in [3.8, 4) is 0 Å². The topological polar surface area (TPSA) is 102 Å². The number of rotatable bonds is 6. The van der Waals surface area contributed by atoms with E-state index in [1.54, 1.807) is 55.3 Å². The van der Waals surface area contributed by atoms with Gasteiger partial charge in [0, 0.05) is 35.3 Å². The average Bonchev–Trinajstić information content (AvgIpc) is 2.91. The minimum atomic E-state index is -5.34. The molecule has 8 nitrogen and oxygen atoms in total. The number of para-hydroxylation sites is 1. The van der Waals surface area contributed by atoms with Crippen LogP contribution in [-0.2, 0) is 15.2 Å². The van der Waals surface area contributed by atoms with E-state index in [9.17, 15) is 27.6 Å². The van der Waals surface area contributed by atoms with Gasteiger partial charge in [0.1, 0.15) is 5.58 Å². The summed E-state index contributed by atoms with van der Waals surface area (Å²) >= 11 is 0. The number of ether oxygens (including phenoxy) is 1. The summed E-state index contributed by atoms with van der Waals surface area (Å²) in [4.78, 5) is 42.2. The van der Waals surface area contributed by atoms with Gasteiger partial charge in [-0.3, -0.25) is 9.78 Å². The van der Waals surface area contributed by atoms with Gasteiger partial charge in [-0.25, -0.2) is 14.0 Å². The number of benzene rings is 2. The van der Waals surface area contributed by atoms with Crippen molar-refractivity contribution in [2.24, 2.45) is 0 Å². The molecule has 0 aliphatic carbocycles. The summed E-state index contributed by atoms with van der Waals surface area (Å²) in [6.45, 7) is 3.38. The largest absolute Gasteiger partial charge is 0.491 e. The maximum absolute atomic E-state index is 15.4. The number of hydrogen-bond donors (Lipinski definition) is 1. The van der Waals surface area contributed by atoms with Gasteiger partial charge in [0.2, 0.25) is 0 Å². The number of carbonyl (C=O) groups excluding carboxylic acids is 2. The number of pyridine rings is 1. The summed E-state index contributed by atoms with van der Waals surface area (Å²) in [6, 6.07) is 12.9. The minimum Gasteiger partial charge on any atom is -0.440 e. The Morgan fingerprint density at radius 2 is 1.85 bits per heavy atom. The molecule has 1 saturated heterocycles. The van der Waals surface area contributed by atoms with Gasteiger partial charge in [-0.2, -0.15) is 13.2 Å². The van der Waals surface area contributed by atoms with Crippen LogP contribution < -0.4 is 15.6 Å². The zero-order chi connectivity index (χ0) is 29.5. The first-order valence-corrected chi connectivity index (χ1v) is 12.5. The van der Waals surface area contributed by atoms with E-state index in [-0.39, 0.29) is 46.6 Å². The van der Waals surface area contributed by atoms with Crippen LogP contribution >= 0.6 is 0 Å². The zero-order valence-corrected chi connectivity index (χ0v) is 21.8. The molecule has 1 atom stereocenters. The van der Waals surface area contributed by atoms with Crippen molar-refractivity contribution < 1.29 is 36.3 Å². The molecule has 0 saturated carbocycles. The number of aryl methyl sites for hydroxylation is 1. The average molecular weight is 570 g/mol. The predicted molar refractivity (Wildman–Crippen MR) is 141 cm³/mol. The molecule has 2 aromatic heterocycles. The molecule has 0 spiro atoms. The van der Waals surface area contributed by atoms with Crippen LogP contribution in [0.5, 0.6) is 0 Å². The Bertz CT molecular complexity index is 1700. The smallest absolute Gasteiger partial charge is 0.440 e. The number of hydrogen-bond acceptors (Lipinski definition) is 8. The first kappa shape index (κ1) is 27.8. The lowest BCUT2D eigenvalue weighted by Crippen LogP contribution is -2.57.